The first-order valence-corrected chi connectivity index (χ1v) is 13.1. The zero-order chi connectivity index (χ0) is 24.0. The zero-order valence-corrected chi connectivity index (χ0v) is 20.4. The van der Waals surface area contributed by atoms with Crippen molar-refractivity contribution in [1.29, 1.82) is 5.26 Å². The normalized spacial score (nSPS) is 16.3. The van der Waals surface area contributed by atoms with E-state index >= 15 is 0 Å². The van der Waals surface area contributed by atoms with Crippen molar-refractivity contribution in [3.8, 4) is 6.07 Å². The SMILES string of the molecule is CCCc1ccc(C(NC(=O)C2CCN(S(=O)(=O)c3ccc(C#N)cc3)CC2)C(C)C)cc1. The maximum atomic E-state index is 13.0. The van der Waals surface area contributed by atoms with Crippen LogP contribution in [0.3, 0.4) is 0 Å². The Labute approximate surface area is 197 Å². The van der Waals surface area contributed by atoms with Gasteiger partial charge in [0.25, 0.3) is 0 Å². The van der Waals surface area contributed by atoms with E-state index in [0.717, 1.165) is 18.4 Å². The summed E-state index contributed by atoms with van der Waals surface area (Å²) in [5.41, 5.74) is 2.81. The van der Waals surface area contributed by atoms with Crippen molar-refractivity contribution < 1.29 is 13.2 Å². The van der Waals surface area contributed by atoms with Gasteiger partial charge in [0.1, 0.15) is 0 Å². The summed E-state index contributed by atoms with van der Waals surface area (Å²) in [6, 6.07) is 16.3. The molecule has 33 heavy (non-hydrogen) atoms. The molecule has 2 aromatic carbocycles. The third-order valence-corrected chi connectivity index (χ3v) is 8.20. The lowest BCUT2D eigenvalue weighted by molar-refractivity contribution is -0.127. The average Bonchev–Trinajstić information content (AvgIpc) is 2.83. The molecule has 1 fully saturated rings. The standard InChI is InChI=1S/C26H33N3O3S/c1-4-5-20-6-10-22(11-7-20)25(19(2)3)28-26(30)23-14-16-29(17-15-23)33(31,32)24-12-8-21(18-27)9-13-24/h6-13,19,23,25H,4-5,14-17H2,1-3H3,(H,28,30). The zero-order valence-electron chi connectivity index (χ0n) is 19.6. The van der Waals surface area contributed by atoms with Gasteiger partial charge < -0.3 is 5.32 Å². The minimum atomic E-state index is -3.63. The molecule has 7 heteroatoms. The molecule has 6 nitrogen and oxygen atoms in total. The predicted octanol–water partition coefficient (Wildman–Crippen LogP) is 4.42. The lowest BCUT2D eigenvalue weighted by atomic mass is 9.92. The van der Waals surface area contributed by atoms with Gasteiger partial charge in [-0.25, -0.2) is 8.42 Å². The summed E-state index contributed by atoms with van der Waals surface area (Å²) in [6.45, 7) is 6.96. The van der Waals surface area contributed by atoms with E-state index in [-0.39, 0.29) is 28.7 Å². The third kappa shape index (κ3) is 6.01. The number of sulfonamides is 1. The predicted molar refractivity (Wildman–Crippen MR) is 129 cm³/mol. The lowest BCUT2D eigenvalue weighted by Crippen LogP contribution is -2.44. The quantitative estimate of drug-likeness (QED) is 0.622. The molecule has 1 unspecified atom stereocenters. The van der Waals surface area contributed by atoms with Crippen LogP contribution >= 0.6 is 0 Å². The second kappa shape index (κ2) is 11.0. The van der Waals surface area contributed by atoms with Gasteiger partial charge in [0.2, 0.25) is 15.9 Å². The highest BCUT2D eigenvalue weighted by molar-refractivity contribution is 7.89. The van der Waals surface area contributed by atoms with Crippen LogP contribution in [-0.2, 0) is 21.2 Å². The molecule has 0 saturated carbocycles. The van der Waals surface area contributed by atoms with E-state index in [1.807, 2.05) is 6.07 Å². The Morgan fingerprint density at radius 3 is 2.21 bits per heavy atom. The number of piperidine rings is 1. The Balaban J connectivity index is 1.62. The Morgan fingerprint density at radius 1 is 1.09 bits per heavy atom. The number of amides is 1. The molecule has 1 N–H and O–H groups in total. The minimum absolute atomic E-state index is 0.0123. The summed E-state index contributed by atoms with van der Waals surface area (Å²) < 4.78 is 27.3. The van der Waals surface area contributed by atoms with Crippen LogP contribution in [0.2, 0.25) is 0 Å². The minimum Gasteiger partial charge on any atom is -0.349 e. The Kier molecular flexibility index (Phi) is 8.28. The van der Waals surface area contributed by atoms with Gasteiger partial charge in [0.15, 0.2) is 0 Å². The van der Waals surface area contributed by atoms with Crippen LogP contribution in [0, 0.1) is 23.2 Å². The molecule has 3 rings (SSSR count). The fourth-order valence-electron chi connectivity index (χ4n) is 4.30. The lowest BCUT2D eigenvalue weighted by Gasteiger charge is -2.32. The van der Waals surface area contributed by atoms with Gasteiger partial charge in [-0.15, -0.1) is 0 Å². The van der Waals surface area contributed by atoms with Gasteiger partial charge in [-0.2, -0.15) is 9.57 Å². The van der Waals surface area contributed by atoms with Crippen molar-refractivity contribution in [3.05, 3.63) is 65.2 Å². The molecule has 0 aliphatic carbocycles. The van der Waals surface area contributed by atoms with Crippen LogP contribution in [-0.4, -0.2) is 31.7 Å². The van der Waals surface area contributed by atoms with Crippen molar-refractivity contribution in [2.45, 2.75) is 57.4 Å². The monoisotopic (exact) mass is 467 g/mol. The topological polar surface area (TPSA) is 90.3 Å². The van der Waals surface area contributed by atoms with E-state index in [2.05, 4.69) is 50.4 Å². The summed E-state index contributed by atoms with van der Waals surface area (Å²) in [6.07, 6.45) is 3.12. The van der Waals surface area contributed by atoms with Crippen molar-refractivity contribution >= 4 is 15.9 Å². The number of carbonyl (C=O) groups excluding carboxylic acids is 1. The molecule has 0 bridgehead atoms. The molecule has 0 aromatic heterocycles. The molecule has 2 aromatic rings. The van der Waals surface area contributed by atoms with Crippen molar-refractivity contribution in [2.24, 2.45) is 11.8 Å². The maximum Gasteiger partial charge on any atom is 0.243 e. The van der Waals surface area contributed by atoms with Crippen LogP contribution in [0.1, 0.15) is 62.8 Å². The molecular weight excluding hydrogens is 434 g/mol. The number of nitriles is 1. The van der Waals surface area contributed by atoms with Crippen LogP contribution in [0.4, 0.5) is 0 Å². The van der Waals surface area contributed by atoms with Crippen molar-refractivity contribution in [3.63, 3.8) is 0 Å². The highest BCUT2D eigenvalue weighted by Crippen LogP contribution is 2.27. The van der Waals surface area contributed by atoms with Gasteiger partial charge in [-0.3, -0.25) is 4.79 Å². The number of hydrogen-bond acceptors (Lipinski definition) is 4. The summed E-state index contributed by atoms with van der Waals surface area (Å²) >= 11 is 0. The first-order chi connectivity index (χ1) is 15.8. The van der Waals surface area contributed by atoms with Crippen LogP contribution < -0.4 is 5.32 Å². The second-order valence-corrected chi connectivity index (χ2v) is 11.0. The molecule has 0 spiro atoms. The van der Waals surface area contributed by atoms with Gasteiger partial charge >= 0.3 is 0 Å². The van der Waals surface area contributed by atoms with E-state index in [4.69, 9.17) is 5.26 Å². The smallest absolute Gasteiger partial charge is 0.243 e. The number of aryl methyl sites for hydroxylation is 1. The van der Waals surface area contributed by atoms with Gasteiger partial charge in [0, 0.05) is 19.0 Å². The number of hydrogen-bond donors (Lipinski definition) is 1. The van der Waals surface area contributed by atoms with Gasteiger partial charge in [-0.05, 0) is 60.6 Å². The number of nitrogens with zero attached hydrogens (tertiary/aromatic N) is 2. The maximum absolute atomic E-state index is 13.0. The number of benzene rings is 2. The Hall–Kier alpha value is -2.69. The molecule has 1 saturated heterocycles. The summed E-state index contributed by atoms with van der Waals surface area (Å²) in [7, 11) is -3.63. The van der Waals surface area contributed by atoms with E-state index in [9.17, 15) is 13.2 Å². The molecule has 1 aliphatic heterocycles. The van der Waals surface area contributed by atoms with E-state index in [0.29, 0.717) is 31.5 Å². The highest BCUT2D eigenvalue weighted by Gasteiger charge is 2.33. The highest BCUT2D eigenvalue weighted by atomic mass is 32.2. The number of nitrogens with one attached hydrogen (secondary N) is 1. The first-order valence-electron chi connectivity index (χ1n) is 11.7. The fraction of sp³-hybridized carbons (Fsp3) is 0.462. The Morgan fingerprint density at radius 2 is 1.70 bits per heavy atom. The van der Waals surface area contributed by atoms with Crippen LogP contribution in [0.5, 0.6) is 0 Å². The summed E-state index contributed by atoms with van der Waals surface area (Å²) in [4.78, 5) is 13.2. The average molecular weight is 468 g/mol. The molecule has 1 heterocycles. The molecule has 1 atom stereocenters. The summed E-state index contributed by atoms with van der Waals surface area (Å²) in [5, 5.41) is 12.1. The number of carbonyl (C=O) groups is 1. The molecule has 0 radical (unpaired) electrons. The largest absolute Gasteiger partial charge is 0.349 e. The van der Waals surface area contributed by atoms with Crippen LogP contribution in [0.25, 0.3) is 0 Å². The first kappa shape index (κ1) is 24.9. The van der Waals surface area contributed by atoms with Crippen molar-refractivity contribution in [2.75, 3.05) is 13.1 Å². The molecule has 1 amide bonds. The molecule has 176 valence electrons. The second-order valence-electron chi connectivity index (χ2n) is 9.04. The van der Waals surface area contributed by atoms with Gasteiger partial charge in [-0.1, -0.05) is 51.5 Å². The van der Waals surface area contributed by atoms with Gasteiger partial charge in [0.05, 0.1) is 22.6 Å². The molecular formula is C26H33N3O3S. The van der Waals surface area contributed by atoms with E-state index < -0.39 is 10.0 Å². The third-order valence-electron chi connectivity index (χ3n) is 6.29. The number of rotatable bonds is 8. The molecule has 1 aliphatic rings. The van der Waals surface area contributed by atoms with E-state index in [1.54, 1.807) is 0 Å². The summed E-state index contributed by atoms with van der Waals surface area (Å²) in [5.74, 6) is 0.0163. The van der Waals surface area contributed by atoms with E-state index in [1.165, 1.54) is 34.1 Å². The van der Waals surface area contributed by atoms with Crippen molar-refractivity contribution in [1.82, 2.24) is 9.62 Å². The Bertz CT molecular complexity index is 1080. The van der Waals surface area contributed by atoms with Crippen LogP contribution in [0.15, 0.2) is 53.4 Å². The fourth-order valence-corrected chi connectivity index (χ4v) is 5.76.